The summed E-state index contributed by atoms with van der Waals surface area (Å²) in [7, 11) is 0. The predicted molar refractivity (Wildman–Crippen MR) is 80.5 cm³/mol. The van der Waals surface area contributed by atoms with Crippen LogP contribution in [0.5, 0.6) is 11.5 Å². The van der Waals surface area contributed by atoms with Crippen LogP contribution in [0.1, 0.15) is 54.9 Å². The van der Waals surface area contributed by atoms with Crippen molar-refractivity contribution in [3.8, 4) is 11.5 Å². The number of amides is 1. The lowest BCUT2D eigenvalue weighted by molar-refractivity contribution is 0.0910. The molecule has 1 saturated carbocycles. The number of aromatic hydroxyl groups is 2. The zero-order chi connectivity index (χ0) is 15.0. The van der Waals surface area contributed by atoms with Crippen LogP contribution in [-0.2, 0) is 6.42 Å². The third kappa shape index (κ3) is 2.99. The van der Waals surface area contributed by atoms with Crippen molar-refractivity contribution in [1.29, 1.82) is 0 Å². The average molecular weight is 289 g/mol. The smallest absolute Gasteiger partial charge is 0.255 e. The van der Waals surface area contributed by atoms with Crippen LogP contribution in [0.25, 0.3) is 0 Å². The largest absolute Gasteiger partial charge is 0.508 e. The normalized spacial score (nSPS) is 28.8. The molecular weight excluding hydrogens is 266 g/mol. The van der Waals surface area contributed by atoms with E-state index in [9.17, 15) is 15.0 Å². The number of rotatable bonds is 2. The van der Waals surface area contributed by atoms with Crippen LogP contribution in [0.3, 0.4) is 0 Å². The Kier molecular flexibility index (Phi) is 3.79. The van der Waals surface area contributed by atoms with E-state index in [4.69, 9.17) is 0 Å². The fourth-order valence-corrected chi connectivity index (χ4v) is 3.98. The molecule has 21 heavy (non-hydrogen) atoms. The van der Waals surface area contributed by atoms with E-state index >= 15 is 0 Å². The first-order chi connectivity index (χ1) is 10.0. The summed E-state index contributed by atoms with van der Waals surface area (Å²) in [6, 6.07) is 2.94. The van der Waals surface area contributed by atoms with Crippen molar-refractivity contribution in [2.75, 3.05) is 0 Å². The van der Waals surface area contributed by atoms with Crippen LogP contribution in [-0.4, -0.2) is 22.2 Å². The number of nitrogens with one attached hydrogen (secondary N) is 1. The lowest BCUT2D eigenvalue weighted by Crippen LogP contribution is -2.42. The zero-order valence-electron chi connectivity index (χ0n) is 12.4. The maximum atomic E-state index is 12.2. The molecule has 0 aromatic heterocycles. The molecule has 4 heteroatoms. The molecule has 0 unspecified atom stereocenters. The van der Waals surface area contributed by atoms with Gasteiger partial charge in [-0.2, -0.15) is 0 Å². The van der Waals surface area contributed by atoms with Gasteiger partial charge in [-0.05, 0) is 42.7 Å². The Morgan fingerprint density at radius 1 is 1.29 bits per heavy atom. The van der Waals surface area contributed by atoms with Gasteiger partial charge in [-0.15, -0.1) is 0 Å². The molecule has 3 atom stereocenters. The van der Waals surface area contributed by atoms with Gasteiger partial charge in [-0.1, -0.05) is 26.2 Å². The van der Waals surface area contributed by atoms with Crippen molar-refractivity contribution in [1.82, 2.24) is 5.32 Å². The van der Waals surface area contributed by atoms with E-state index in [-0.39, 0.29) is 23.4 Å². The molecular formula is C17H23NO3. The monoisotopic (exact) mass is 289 g/mol. The number of phenols is 2. The Morgan fingerprint density at radius 2 is 2.10 bits per heavy atom. The maximum Gasteiger partial charge on any atom is 0.255 e. The summed E-state index contributed by atoms with van der Waals surface area (Å²) in [5, 5.41) is 22.4. The molecule has 1 aromatic rings. The molecule has 1 heterocycles. The number of benzene rings is 1. The fourth-order valence-electron chi connectivity index (χ4n) is 3.98. The number of carbonyl (C=O) groups excluding carboxylic acids is 1. The third-order valence-corrected chi connectivity index (χ3v) is 4.88. The predicted octanol–water partition coefficient (Wildman–Crippen LogP) is 2.97. The van der Waals surface area contributed by atoms with Gasteiger partial charge in [0.2, 0.25) is 0 Å². The average Bonchev–Trinajstić information content (AvgIpc) is 2.37. The van der Waals surface area contributed by atoms with E-state index in [0.717, 1.165) is 17.9 Å². The molecule has 114 valence electrons. The lowest BCUT2D eigenvalue weighted by atomic mass is 9.78. The number of hydrogen-bond acceptors (Lipinski definition) is 3. The Hall–Kier alpha value is -1.71. The first-order valence-electron chi connectivity index (χ1n) is 7.88. The van der Waals surface area contributed by atoms with Crippen LogP contribution in [0.2, 0.25) is 0 Å². The second kappa shape index (κ2) is 5.58. The minimum Gasteiger partial charge on any atom is -0.508 e. The first-order valence-corrected chi connectivity index (χ1v) is 7.88. The van der Waals surface area contributed by atoms with Crippen molar-refractivity contribution in [3.05, 3.63) is 23.3 Å². The van der Waals surface area contributed by atoms with E-state index in [1.807, 2.05) is 0 Å². The molecule has 2 aliphatic rings. The molecule has 0 radical (unpaired) electrons. The Bertz CT molecular complexity index is 555. The SMILES string of the molecule is C[C@H]1CCC[C@H](C[C@H]2Cc3cc(O)cc(O)c3C(=O)N2)C1. The molecule has 3 rings (SSSR count). The molecule has 1 aliphatic carbocycles. The summed E-state index contributed by atoms with van der Waals surface area (Å²) < 4.78 is 0. The highest BCUT2D eigenvalue weighted by atomic mass is 16.3. The van der Waals surface area contributed by atoms with E-state index < -0.39 is 0 Å². The van der Waals surface area contributed by atoms with Crippen molar-refractivity contribution in [2.45, 2.75) is 51.5 Å². The van der Waals surface area contributed by atoms with E-state index in [0.29, 0.717) is 17.9 Å². The number of phenolic OH excluding ortho intramolecular Hbond substituents is 2. The first kappa shape index (κ1) is 14.2. The molecule has 0 saturated heterocycles. The van der Waals surface area contributed by atoms with Gasteiger partial charge in [0.15, 0.2) is 0 Å². The van der Waals surface area contributed by atoms with Gasteiger partial charge in [0.05, 0.1) is 5.56 Å². The van der Waals surface area contributed by atoms with Crippen LogP contribution >= 0.6 is 0 Å². The Morgan fingerprint density at radius 3 is 2.86 bits per heavy atom. The van der Waals surface area contributed by atoms with E-state index in [2.05, 4.69) is 12.2 Å². The third-order valence-electron chi connectivity index (χ3n) is 4.88. The van der Waals surface area contributed by atoms with Crippen molar-refractivity contribution in [3.63, 3.8) is 0 Å². The molecule has 4 nitrogen and oxygen atoms in total. The minimum absolute atomic E-state index is 0.0194. The highest BCUT2D eigenvalue weighted by Crippen LogP contribution is 2.35. The van der Waals surface area contributed by atoms with Gasteiger partial charge < -0.3 is 15.5 Å². The van der Waals surface area contributed by atoms with Gasteiger partial charge in [0, 0.05) is 12.1 Å². The number of fused-ring (bicyclic) bond motifs is 1. The molecule has 0 spiro atoms. The highest BCUT2D eigenvalue weighted by Gasteiger charge is 2.30. The van der Waals surface area contributed by atoms with Gasteiger partial charge in [0.1, 0.15) is 11.5 Å². The molecule has 1 aromatic carbocycles. The van der Waals surface area contributed by atoms with Crippen LogP contribution in [0.15, 0.2) is 12.1 Å². The minimum atomic E-state index is -0.220. The summed E-state index contributed by atoms with van der Waals surface area (Å²) >= 11 is 0. The van der Waals surface area contributed by atoms with Gasteiger partial charge in [0.25, 0.3) is 5.91 Å². The molecule has 3 N–H and O–H groups in total. The summed E-state index contributed by atoms with van der Waals surface area (Å²) in [6.07, 6.45) is 6.77. The fraction of sp³-hybridized carbons (Fsp3) is 0.588. The molecule has 1 fully saturated rings. The van der Waals surface area contributed by atoms with Gasteiger partial charge in [-0.3, -0.25) is 4.79 Å². The van der Waals surface area contributed by atoms with Gasteiger partial charge >= 0.3 is 0 Å². The standard InChI is InChI=1S/C17H23NO3/c1-10-3-2-4-11(5-10)6-13-7-12-8-14(19)9-15(20)16(12)17(21)18-13/h8-11,13,19-20H,2-7H2,1H3,(H,18,21)/t10-,11-,13-/m0/s1. The van der Waals surface area contributed by atoms with Gasteiger partial charge in [-0.25, -0.2) is 0 Å². The summed E-state index contributed by atoms with van der Waals surface area (Å²) in [6.45, 7) is 2.30. The van der Waals surface area contributed by atoms with Crippen molar-refractivity contribution < 1.29 is 15.0 Å². The molecule has 1 aliphatic heterocycles. The Balaban J connectivity index is 1.74. The second-order valence-corrected chi connectivity index (χ2v) is 6.75. The van der Waals surface area contributed by atoms with Crippen molar-refractivity contribution in [2.24, 2.45) is 11.8 Å². The summed E-state index contributed by atoms with van der Waals surface area (Å²) in [4.78, 5) is 12.2. The van der Waals surface area contributed by atoms with E-state index in [1.165, 1.54) is 31.7 Å². The lowest BCUT2D eigenvalue weighted by Gasteiger charge is -2.32. The van der Waals surface area contributed by atoms with E-state index in [1.54, 1.807) is 6.07 Å². The number of hydrogen-bond donors (Lipinski definition) is 3. The summed E-state index contributed by atoms with van der Waals surface area (Å²) in [5.41, 5.74) is 1.08. The van der Waals surface area contributed by atoms with Crippen LogP contribution in [0, 0.1) is 11.8 Å². The molecule has 0 bridgehead atoms. The Labute approximate surface area is 125 Å². The molecule has 1 amide bonds. The van der Waals surface area contributed by atoms with Crippen molar-refractivity contribution >= 4 is 5.91 Å². The quantitative estimate of drug-likeness (QED) is 0.784. The highest BCUT2D eigenvalue weighted by molar-refractivity contribution is 5.99. The maximum absolute atomic E-state index is 12.2. The second-order valence-electron chi connectivity index (χ2n) is 6.75. The zero-order valence-corrected chi connectivity index (χ0v) is 12.4. The van der Waals surface area contributed by atoms with Crippen LogP contribution in [0.4, 0.5) is 0 Å². The topological polar surface area (TPSA) is 69.6 Å². The number of carbonyl (C=O) groups is 1. The van der Waals surface area contributed by atoms with Crippen LogP contribution < -0.4 is 5.32 Å². The summed E-state index contributed by atoms with van der Waals surface area (Å²) in [5.74, 6) is 1.12.